The highest BCUT2D eigenvalue weighted by atomic mass is 16.6. The first-order valence-corrected chi connectivity index (χ1v) is 9.09. The number of aromatic nitrogens is 2. The number of rotatable bonds is 8. The average Bonchev–Trinajstić information content (AvgIpc) is 3.20. The number of nitrogens with one attached hydrogen (secondary N) is 1. The van der Waals surface area contributed by atoms with E-state index in [4.69, 9.17) is 18.8 Å². The van der Waals surface area contributed by atoms with Crippen LogP contribution in [0.25, 0.3) is 11.3 Å². The zero-order valence-electron chi connectivity index (χ0n) is 16.8. The van der Waals surface area contributed by atoms with Gasteiger partial charge in [-0.3, -0.25) is 4.79 Å². The second-order valence-corrected chi connectivity index (χ2v) is 6.59. The van der Waals surface area contributed by atoms with E-state index >= 15 is 0 Å². The van der Waals surface area contributed by atoms with Gasteiger partial charge in [0.25, 0.3) is 5.91 Å². The Labute approximate surface area is 168 Å². The van der Waals surface area contributed by atoms with Crippen molar-refractivity contribution in [2.24, 2.45) is 0 Å². The summed E-state index contributed by atoms with van der Waals surface area (Å²) >= 11 is 0. The van der Waals surface area contributed by atoms with Crippen molar-refractivity contribution in [3.05, 3.63) is 48.0 Å². The largest absolute Gasteiger partial charge is 0.493 e. The zero-order valence-corrected chi connectivity index (χ0v) is 16.8. The summed E-state index contributed by atoms with van der Waals surface area (Å²) in [5.74, 6) is 1.97. The average molecular weight is 397 g/mol. The molecule has 0 saturated heterocycles. The van der Waals surface area contributed by atoms with E-state index in [1.54, 1.807) is 25.3 Å². The van der Waals surface area contributed by atoms with Crippen LogP contribution >= 0.6 is 0 Å². The first kappa shape index (κ1) is 20.2. The Morgan fingerprint density at radius 1 is 1.03 bits per heavy atom. The molecule has 0 saturated carbocycles. The van der Waals surface area contributed by atoms with E-state index in [0.717, 1.165) is 0 Å². The third-order valence-corrected chi connectivity index (χ3v) is 4.32. The molecule has 3 aromatic rings. The molecule has 1 amide bonds. The first-order chi connectivity index (χ1) is 14.0. The van der Waals surface area contributed by atoms with Crippen molar-refractivity contribution in [1.29, 1.82) is 0 Å². The van der Waals surface area contributed by atoms with Crippen molar-refractivity contribution in [3.63, 3.8) is 0 Å². The molecule has 1 aromatic heterocycles. The molecule has 0 spiro atoms. The Balaban J connectivity index is 1.66. The predicted molar refractivity (Wildman–Crippen MR) is 107 cm³/mol. The molecule has 152 valence electrons. The van der Waals surface area contributed by atoms with Gasteiger partial charge in [-0.15, -0.1) is 0 Å². The maximum atomic E-state index is 12.3. The fraction of sp³-hybridized carbons (Fsp3) is 0.286. The molecule has 29 heavy (non-hydrogen) atoms. The van der Waals surface area contributed by atoms with Gasteiger partial charge in [0.2, 0.25) is 5.82 Å². The summed E-state index contributed by atoms with van der Waals surface area (Å²) in [5.41, 5.74) is 2.24. The zero-order chi connectivity index (χ0) is 20.8. The van der Waals surface area contributed by atoms with Gasteiger partial charge in [-0.05, 0) is 52.1 Å². The Hall–Kier alpha value is -3.55. The van der Waals surface area contributed by atoms with Crippen molar-refractivity contribution in [3.8, 4) is 28.5 Å². The van der Waals surface area contributed by atoms with Crippen molar-refractivity contribution in [2.45, 2.75) is 19.8 Å². The Morgan fingerprint density at radius 3 is 2.41 bits per heavy atom. The summed E-state index contributed by atoms with van der Waals surface area (Å²) in [6.07, 6.45) is 0. The Kier molecular flexibility index (Phi) is 6.33. The fourth-order valence-corrected chi connectivity index (χ4v) is 2.71. The van der Waals surface area contributed by atoms with Crippen LogP contribution in [-0.4, -0.2) is 37.0 Å². The molecule has 8 heteroatoms. The molecule has 0 aliphatic carbocycles. The van der Waals surface area contributed by atoms with Crippen LogP contribution in [0.15, 0.2) is 47.1 Å². The molecular weight excluding hydrogens is 374 g/mol. The number of methoxy groups -OCH3 is 2. The quantitative estimate of drug-likeness (QED) is 0.616. The number of hydrogen-bond acceptors (Lipinski definition) is 7. The number of hydrogen-bond donors (Lipinski definition) is 1. The van der Waals surface area contributed by atoms with Crippen LogP contribution in [0.4, 0.5) is 5.82 Å². The molecule has 0 aliphatic rings. The van der Waals surface area contributed by atoms with Crippen LogP contribution in [0.1, 0.15) is 25.3 Å². The van der Waals surface area contributed by atoms with E-state index in [0.29, 0.717) is 34.4 Å². The van der Waals surface area contributed by atoms with E-state index in [9.17, 15) is 4.79 Å². The van der Waals surface area contributed by atoms with Crippen LogP contribution in [0.3, 0.4) is 0 Å². The predicted octanol–water partition coefficient (Wildman–Crippen LogP) is 3.89. The maximum Gasteiger partial charge on any atom is 0.263 e. The van der Waals surface area contributed by atoms with Crippen LogP contribution in [-0.2, 0) is 4.79 Å². The van der Waals surface area contributed by atoms with Crippen LogP contribution in [0.2, 0.25) is 0 Å². The van der Waals surface area contributed by atoms with Crippen LogP contribution < -0.4 is 19.5 Å². The highest BCUT2D eigenvalue weighted by Gasteiger charge is 2.17. The number of nitrogens with zero attached hydrogens (tertiary/aromatic N) is 2. The molecule has 0 bridgehead atoms. The Morgan fingerprint density at radius 2 is 1.76 bits per heavy atom. The van der Waals surface area contributed by atoms with Gasteiger partial charge in [-0.2, -0.15) is 0 Å². The number of benzene rings is 2. The lowest BCUT2D eigenvalue weighted by Gasteiger charge is -2.10. The van der Waals surface area contributed by atoms with Crippen molar-refractivity contribution in [1.82, 2.24) is 10.3 Å². The SMILES string of the molecule is COc1ccc(-c2nonc2NC(=O)COc2ccc(C(C)C)cc2)cc1OC. The third kappa shape index (κ3) is 4.84. The topological polar surface area (TPSA) is 95.7 Å². The second-order valence-electron chi connectivity index (χ2n) is 6.59. The molecule has 0 fully saturated rings. The van der Waals surface area contributed by atoms with Crippen LogP contribution in [0.5, 0.6) is 17.2 Å². The number of amides is 1. The smallest absolute Gasteiger partial charge is 0.263 e. The standard InChI is InChI=1S/C21H23N3O5/c1-13(2)14-5-8-16(9-6-14)28-12-19(25)22-21-20(23-29-24-21)15-7-10-17(26-3)18(11-15)27-4/h5-11,13H,12H2,1-4H3,(H,22,24,25). The molecule has 3 rings (SSSR count). The van der Waals surface area contributed by atoms with Gasteiger partial charge >= 0.3 is 0 Å². The molecule has 0 atom stereocenters. The van der Waals surface area contributed by atoms with Crippen LogP contribution in [0, 0.1) is 0 Å². The van der Waals surface area contributed by atoms with Crippen molar-refractivity contribution in [2.75, 3.05) is 26.1 Å². The fourth-order valence-electron chi connectivity index (χ4n) is 2.71. The van der Waals surface area contributed by atoms with Gasteiger partial charge in [0.15, 0.2) is 23.8 Å². The molecule has 0 aliphatic heterocycles. The molecular formula is C21H23N3O5. The molecule has 8 nitrogen and oxygen atoms in total. The highest BCUT2D eigenvalue weighted by molar-refractivity contribution is 5.94. The Bertz CT molecular complexity index is 967. The summed E-state index contributed by atoms with van der Waals surface area (Å²) in [7, 11) is 3.09. The van der Waals surface area contributed by atoms with E-state index < -0.39 is 0 Å². The monoisotopic (exact) mass is 397 g/mol. The molecule has 2 aromatic carbocycles. The van der Waals surface area contributed by atoms with Crippen molar-refractivity contribution >= 4 is 11.7 Å². The normalized spacial score (nSPS) is 10.7. The minimum atomic E-state index is -0.379. The molecule has 1 heterocycles. The molecule has 1 N–H and O–H groups in total. The van der Waals surface area contributed by atoms with Gasteiger partial charge in [0.05, 0.1) is 14.2 Å². The van der Waals surface area contributed by atoms with Gasteiger partial charge < -0.3 is 19.5 Å². The first-order valence-electron chi connectivity index (χ1n) is 9.09. The minimum Gasteiger partial charge on any atom is -0.493 e. The van der Waals surface area contributed by atoms with Gasteiger partial charge in [-0.25, -0.2) is 4.63 Å². The lowest BCUT2D eigenvalue weighted by atomic mass is 10.0. The van der Waals surface area contributed by atoms with E-state index in [2.05, 4.69) is 29.5 Å². The maximum absolute atomic E-state index is 12.3. The summed E-state index contributed by atoms with van der Waals surface area (Å²) in [4.78, 5) is 12.3. The van der Waals surface area contributed by atoms with Crippen molar-refractivity contribution < 1.29 is 23.6 Å². The number of ether oxygens (including phenoxy) is 3. The van der Waals surface area contributed by atoms with Gasteiger partial charge in [0.1, 0.15) is 5.75 Å². The lowest BCUT2D eigenvalue weighted by Crippen LogP contribution is -2.20. The number of carbonyl (C=O) groups is 1. The van der Waals surface area contributed by atoms with E-state index in [1.165, 1.54) is 12.7 Å². The van der Waals surface area contributed by atoms with E-state index in [1.807, 2.05) is 24.3 Å². The van der Waals surface area contributed by atoms with Gasteiger partial charge in [0, 0.05) is 5.56 Å². The lowest BCUT2D eigenvalue weighted by molar-refractivity contribution is -0.118. The summed E-state index contributed by atoms with van der Waals surface area (Å²) < 4.78 is 20.9. The van der Waals surface area contributed by atoms with E-state index in [-0.39, 0.29) is 18.3 Å². The molecule has 0 unspecified atom stereocenters. The van der Waals surface area contributed by atoms with Gasteiger partial charge in [-0.1, -0.05) is 26.0 Å². The third-order valence-electron chi connectivity index (χ3n) is 4.32. The number of carbonyl (C=O) groups excluding carboxylic acids is 1. The summed E-state index contributed by atoms with van der Waals surface area (Å²) in [5, 5.41) is 10.3. The second kappa shape index (κ2) is 9.09. The minimum absolute atomic E-state index is 0.167. The molecule has 0 radical (unpaired) electrons. The summed E-state index contributed by atoms with van der Waals surface area (Å²) in [6.45, 7) is 4.07. The highest BCUT2D eigenvalue weighted by Crippen LogP contribution is 2.33. The number of anilines is 1. The summed E-state index contributed by atoms with van der Waals surface area (Å²) in [6, 6.07) is 12.9.